The minimum absolute atomic E-state index is 0.151. The monoisotopic (exact) mass is 615 g/mol. The van der Waals surface area contributed by atoms with Gasteiger partial charge in [0.1, 0.15) is 12.6 Å². The number of sulfonamides is 1. The third-order valence-corrected chi connectivity index (χ3v) is 7.43. The summed E-state index contributed by atoms with van der Waals surface area (Å²) < 4.78 is 65.9. The molecule has 1 atom stereocenters. The molecule has 0 spiro atoms. The van der Waals surface area contributed by atoms with E-state index in [1.54, 1.807) is 26.8 Å². The molecule has 0 aromatic heterocycles. The molecule has 0 saturated heterocycles. The minimum Gasteiger partial charge on any atom is -0.352 e. The number of alkyl halides is 3. The molecular formula is C24H27Cl3F3N3O4S. The van der Waals surface area contributed by atoms with Crippen molar-refractivity contribution in [2.45, 2.75) is 52.0 Å². The largest absolute Gasteiger partial charge is 0.416 e. The highest BCUT2D eigenvalue weighted by atomic mass is 35.5. The van der Waals surface area contributed by atoms with Crippen molar-refractivity contribution < 1.29 is 31.2 Å². The summed E-state index contributed by atoms with van der Waals surface area (Å²) in [4.78, 5) is 27.8. The molecule has 1 unspecified atom stereocenters. The van der Waals surface area contributed by atoms with Gasteiger partial charge in [0.05, 0.1) is 22.5 Å². The van der Waals surface area contributed by atoms with Crippen LogP contribution in [-0.4, -0.2) is 50.0 Å². The molecule has 2 amide bonds. The van der Waals surface area contributed by atoms with Crippen LogP contribution in [0.5, 0.6) is 0 Å². The Hall–Kier alpha value is -2.21. The van der Waals surface area contributed by atoms with E-state index in [0.29, 0.717) is 27.0 Å². The molecule has 0 radical (unpaired) electrons. The predicted octanol–water partition coefficient (Wildman–Crippen LogP) is 5.76. The quantitative estimate of drug-likeness (QED) is 0.368. The zero-order valence-corrected chi connectivity index (χ0v) is 24.0. The SMILES string of the molecule is CCC(C(=O)NC(C)C)N(Cc1ccc(Cl)cc1Cl)C(=O)CN(c1cc(C(F)(F)F)ccc1Cl)S(C)(=O)=O. The third-order valence-electron chi connectivity index (χ3n) is 5.39. The number of hydrogen-bond donors (Lipinski definition) is 1. The number of benzene rings is 2. The Kier molecular flexibility index (Phi) is 10.7. The number of anilines is 1. The first-order valence-corrected chi connectivity index (χ1v) is 14.3. The molecule has 14 heteroatoms. The van der Waals surface area contributed by atoms with Crippen molar-refractivity contribution in [3.8, 4) is 0 Å². The molecule has 0 heterocycles. The number of amides is 2. The molecular weight excluding hydrogens is 590 g/mol. The first kappa shape index (κ1) is 32.0. The molecule has 0 aliphatic heterocycles. The molecule has 0 fully saturated rings. The van der Waals surface area contributed by atoms with Gasteiger partial charge in [-0.15, -0.1) is 0 Å². The predicted molar refractivity (Wildman–Crippen MR) is 143 cm³/mol. The van der Waals surface area contributed by atoms with Gasteiger partial charge in [-0.2, -0.15) is 13.2 Å². The van der Waals surface area contributed by atoms with E-state index in [2.05, 4.69) is 5.32 Å². The second-order valence-corrected chi connectivity index (χ2v) is 11.9. The maximum Gasteiger partial charge on any atom is 0.416 e. The zero-order valence-electron chi connectivity index (χ0n) is 20.9. The van der Waals surface area contributed by atoms with Crippen molar-refractivity contribution in [3.63, 3.8) is 0 Å². The van der Waals surface area contributed by atoms with Crippen LogP contribution in [0.2, 0.25) is 15.1 Å². The molecule has 7 nitrogen and oxygen atoms in total. The average molecular weight is 617 g/mol. The minimum atomic E-state index is -4.79. The van der Waals surface area contributed by atoms with Gasteiger partial charge in [0.15, 0.2) is 0 Å². The smallest absolute Gasteiger partial charge is 0.352 e. The number of nitrogens with one attached hydrogen (secondary N) is 1. The van der Waals surface area contributed by atoms with Crippen molar-refractivity contribution in [2.75, 3.05) is 17.1 Å². The average Bonchev–Trinajstić information content (AvgIpc) is 2.77. The summed E-state index contributed by atoms with van der Waals surface area (Å²) in [7, 11) is -4.30. The Morgan fingerprint density at radius 3 is 2.16 bits per heavy atom. The highest BCUT2D eigenvalue weighted by Gasteiger charge is 2.35. The summed E-state index contributed by atoms with van der Waals surface area (Å²) in [6.07, 6.45) is -3.90. The van der Waals surface area contributed by atoms with Crippen molar-refractivity contribution in [3.05, 3.63) is 62.6 Å². The van der Waals surface area contributed by atoms with Crippen LogP contribution >= 0.6 is 34.8 Å². The van der Waals surface area contributed by atoms with Crippen molar-refractivity contribution >= 4 is 62.3 Å². The first-order chi connectivity index (χ1) is 17.4. The van der Waals surface area contributed by atoms with E-state index >= 15 is 0 Å². The van der Waals surface area contributed by atoms with Gasteiger partial charge in [-0.3, -0.25) is 13.9 Å². The van der Waals surface area contributed by atoms with Gasteiger partial charge in [-0.05, 0) is 56.2 Å². The summed E-state index contributed by atoms with van der Waals surface area (Å²) in [6.45, 7) is 4.00. The van der Waals surface area contributed by atoms with E-state index < -0.39 is 51.9 Å². The molecule has 2 rings (SSSR count). The van der Waals surface area contributed by atoms with Crippen molar-refractivity contribution in [2.24, 2.45) is 0 Å². The number of carbonyl (C=O) groups excluding carboxylic acids is 2. The van der Waals surface area contributed by atoms with Crippen LogP contribution in [0.3, 0.4) is 0 Å². The van der Waals surface area contributed by atoms with Crippen LogP contribution in [-0.2, 0) is 32.3 Å². The second-order valence-electron chi connectivity index (χ2n) is 8.78. The zero-order chi connectivity index (χ0) is 29.0. The van der Waals surface area contributed by atoms with Crippen LogP contribution < -0.4 is 9.62 Å². The highest BCUT2D eigenvalue weighted by Crippen LogP contribution is 2.36. The molecule has 1 N–H and O–H groups in total. The number of nitrogens with zero attached hydrogens (tertiary/aromatic N) is 2. The van der Waals surface area contributed by atoms with Gasteiger partial charge in [-0.1, -0.05) is 47.8 Å². The highest BCUT2D eigenvalue weighted by molar-refractivity contribution is 7.92. The Morgan fingerprint density at radius 1 is 1.03 bits per heavy atom. The summed E-state index contributed by atoms with van der Waals surface area (Å²) in [5.74, 6) is -1.36. The molecule has 0 bridgehead atoms. The van der Waals surface area contributed by atoms with E-state index in [0.717, 1.165) is 17.2 Å². The summed E-state index contributed by atoms with van der Waals surface area (Å²) in [5.41, 5.74) is -1.25. The van der Waals surface area contributed by atoms with Gasteiger partial charge >= 0.3 is 6.18 Å². The van der Waals surface area contributed by atoms with Crippen LogP contribution in [0, 0.1) is 0 Å². The maximum absolute atomic E-state index is 13.6. The number of hydrogen-bond acceptors (Lipinski definition) is 4. The fraction of sp³-hybridized carbons (Fsp3) is 0.417. The van der Waals surface area contributed by atoms with E-state index in [1.165, 1.54) is 12.1 Å². The van der Waals surface area contributed by atoms with Gasteiger partial charge in [0.25, 0.3) is 0 Å². The Labute approximate surface area is 234 Å². The lowest BCUT2D eigenvalue weighted by molar-refractivity contribution is -0.140. The molecule has 2 aromatic carbocycles. The molecule has 0 saturated carbocycles. The van der Waals surface area contributed by atoms with Crippen LogP contribution in [0.25, 0.3) is 0 Å². The lowest BCUT2D eigenvalue weighted by Crippen LogP contribution is -2.53. The van der Waals surface area contributed by atoms with Crippen LogP contribution in [0.15, 0.2) is 36.4 Å². The second kappa shape index (κ2) is 12.8. The van der Waals surface area contributed by atoms with E-state index in [-0.39, 0.29) is 29.1 Å². The standard InChI is InChI=1S/C24H27Cl3F3N3O4S/c1-5-20(23(35)31-14(2)3)32(12-15-6-8-17(25)11-19(15)27)22(34)13-33(38(4,36)37)21-10-16(24(28,29)30)7-9-18(21)26/h6-11,14,20H,5,12-13H2,1-4H3,(H,31,35). The molecule has 0 aliphatic carbocycles. The first-order valence-electron chi connectivity index (χ1n) is 11.3. The number of halogens is 6. The lowest BCUT2D eigenvalue weighted by atomic mass is 10.1. The van der Waals surface area contributed by atoms with Crippen LogP contribution in [0.4, 0.5) is 18.9 Å². The third kappa shape index (κ3) is 8.39. The van der Waals surface area contributed by atoms with Crippen LogP contribution in [0.1, 0.15) is 38.3 Å². The summed E-state index contributed by atoms with van der Waals surface area (Å²) in [6, 6.07) is 5.38. The summed E-state index contributed by atoms with van der Waals surface area (Å²) in [5, 5.41) is 2.95. The molecule has 38 heavy (non-hydrogen) atoms. The molecule has 210 valence electrons. The fourth-order valence-electron chi connectivity index (χ4n) is 3.61. The van der Waals surface area contributed by atoms with E-state index in [4.69, 9.17) is 34.8 Å². The Balaban J connectivity index is 2.58. The van der Waals surface area contributed by atoms with E-state index in [9.17, 15) is 31.2 Å². The van der Waals surface area contributed by atoms with Gasteiger partial charge in [0.2, 0.25) is 21.8 Å². The van der Waals surface area contributed by atoms with Gasteiger partial charge in [-0.25, -0.2) is 8.42 Å². The van der Waals surface area contributed by atoms with Gasteiger partial charge < -0.3 is 10.2 Å². The topological polar surface area (TPSA) is 86.8 Å². The Bertz CT molecular complexity index is 1290. The lowest BCUT2D eigenvalue weighted by Gasteiger charge is -2.33. The summed E-state index contributed by atoms with van der Waals surface area (Å²) >= 11 is 18.3. The molecule has 0 aliphatic rings. The fourth-order valence-corrected chi connectivity index (χ4v) is 5.20. The maximum atomic E-state index is 13.6. The molecule has 2 aromatic rings. The van der Waals surface area contributed by atoms with E-state index in [1.807, 2.05) is 0 Å². The van der Waals surface area contributed by atoms with Crippen molar-refractivity contribution in [1.82, 2.24) is 10.2 Å². The van der Waals surface area contributed by atoms with Crippen molar-refractivity contribution in [1.29, 1.82) is 0 Å². The Morgan fingerprint density at radius 2 is 1.66 bits per heavy atom. The van der Waals surface area contributed by atoms with Gasteiger partial charge in [0, 0.05) is 22.6 Å². The number of rotatable bonds is 10. The normalized spacial score (nSPS) is 12.8. The number of carbonyl (C=O) groups is 2.